The number of rotatable bonds is 6. The fraction of sp³-hybridized carbons (Fsp3) is 0.556. The summed E-state index contributed by atoms with van der Waals surface area (Å²) in [6.45, 7) is 0.685. The lowest BCUT2D eigenvalue weighted by Gasteiger charge is -2.16. The molecule has 26 heavy (non-hydrogen) atoms. The van der Waals surface area contributed by atoms with Crippen molar-refractivity contribution in [1.82, 2.24) is 4.31 Å². The molecule has 1 saturated carbocycles. The maximum Gasteiger partial charge on any atom is 0.309 e. The molecule has 1 aromatic carbocycles. The Bertz CT molecular complexity index is 766. The molecule has 8 heteroatoms. The van der Waals surface area contributed by atoms with E-state index in [9.17, 15) is 18.0 Å². The fourth-order valence-electron chi connectivity index (χ4n) is 3.42. The summed E-state index contributed by atoms with van der Waals surface area (Å²) in [7, 11) is -3.54. The van der Waals surface area contributed by atoms with E-state index in [1.54, 1.807) is 12.1 Å². The maximum atomic E-state index is 12.6. The van der Waals surface area contributed by atoms with Gasteiger partial charge < -0.3 is 10.1 Å². The standard InChI is InChI=1S/C18H24N2O5S/c21-17(13-25-18(22)14-6-1-2-7-14)19-15-8-5-9-16(12-15)26(23,24)20-10-3-4-11-20/h5,8-9,12,14H,1-4,6-7,10-11,13H2,(H,19,21). The van der Waals surface area contributed by atoms with Gasteiger partial charge in [0.2, 0.25) is 10.0 Å². The van der Waals surface area contributed by atoms with Crippen LogP contribution in [0.4, 0.5) is 5.69 Å². The van der Waals surface area contributed by atoms with Gasteiger partial charge in [0.05, 0.1) is 10.8 Å². The van der Waals surface area contributed by atoms with E-state index in [2.05, 4.69) is 5.32 Å². The molecular weight excluding hydrogens is 356 g/mol. The van der Waals surface area contributed by atoms with Gasteiger partial charge in [-0.15, -0.1) is 0 Å². The Morgan fingerprint density at radius 3 is 2.50 bits per heavy atom. The van der Waals surface area contributed by atoms with Crippen molar-refractivity contribution in [2.24, 2.45) is 5.92 Å². The number of nitrogens with one attached hydrogen (secondary N) is 1. The Morgan fingerprint density at radius 1 is 1.12 bits per heavy atom. The summed E-state index contributed by atoms with van der Waals surface area (Å²) in [6.07, 6.45) is 5.40. The van der Waals surface area contributed by atoms with E-state index < -0.39 is 15.9 Å². The van der Waals surface area contributed by atoms with Crippen LogP contribution in [0, 0.1) is 5.92 Å². The van der Waals surface area contributed by atoms with E-state index in [1.165, 1.54) is 16.4 Å². The second-order valence-electron chi connectivity index (χ2n) is 6.78. The van der Waals surface area contributed by atoms with Crippen molar-refractivity contribution in [1.29, 1.82) is 0 Å². The highest BCUT2D eigenvalue weighted by atomic mass is 32.2. The lowest BCUT2D eigenvalue weighted by atomic mass is 10.1. The summed E-state index contributed by atoms with van der Waals surface area (Å²) in [6, 6.07) is 6.15. The molecule has 1 heterocycles. The lowest BCUT2D eigenvalue weighted by Crippen LogP contribution is -2.28. The van der Waals surface area contributed by atoms with E-state index in [0.717, 1.165) is 38.5 Å². The first-order chi connectivity index (χ1) is 12.5. The average molecular weight is 380 g/mol. The molecule has 3 rings (SSSR count). The van der Waals surface area contributed by atoms with Crippen LogP contribution in [0.3, 0.4) is 0 Å². The number of hydrogen-bond donors (Lipinski definition) is 1. The summed E-state index contributed by atoms with van der Waals surface area (Å²) in [5, 5.41) is 2.59. The number of sulfonamides is 1. The number of nitrogens with zero attached hydrogens (tertiary/aromatic N) is 1. The molecule has 2 aliphatic rings. The van der Waals surface area contributed by atoms with Crippen LogP contribution in [-0.2, 0) is 24.3 Å². The van der Waals surface area contributed by atoms with Crippen molar-refractivity contribution in [3.8, 4) is 0 Å². The predicted octanol–water partition coefficient (Wildman–Crippen LogP) is 2.14. The van der Waals surface area contributed by atoms with Crippen LogP contribution >= 0.6 is 0 Å². The largest absolute Gasteiger partial charge is 0.455 e. The number of amides is 1. The molecule has 1 aliphatic carbocycles. The number of ether oxygens (including phenoxy) is 1. The number of anilines is 1. The van der Waals surface area contributed by atoms with Gasteiger partial charge in [0.15, 0.2) is 6.61 Å². The normalized spacial score (nSPS) is 18.8. The second-order valence-corrected chi connectivity index (χ2v) is 8.71. The molecule has 1 aromatic rings. The number of hydrogen-bond acceptors (Lipinski definition) is 5. The minimum Gasteiger partial charge on any atom is -0.455 e. The highest BCUT2D eigenvalue weighted by Gasteiger charge is 2.27. The van der Waals surface area contributed by atoms with Gasteiger partial charge in [-0.3, -0.25) is 9.59 Å². The van der Waals surface area contributed by atoms with Crippen molar-refractivity contribution < 1.29 is 22.7 Å². The van der Waals surface area contributed by atoms with E-state index >= 15 is 0 Å². The molecular formula is C18H24N2O5S. The van der Waals surface area contributed by atoms with Crippen LogP contribution < -0.4 is 5.32 Å². The molecule has 7 nitrogen and oxygen atoms in total. The van der Waals surface area contributed by atoms with Gasteiger partial charge in [0, 0.05) is 18.8 Å². The SMILES string of the molecule is O=C(COC(=O)C1CCCC1)Nc1cccc(S(=O)(=O)N2CCCC2)c1. The molecule has 0 bridgehead atoms. The van der Waals surface area contributed by atoms with Crippen molar-refractivity contribution >= 4 is 27.6 Å². The van der Waals surface area contributed by atoms with Crippen molar-refractivity contribution in [3.63, 3.8) is 0 Å². The number of benzene rings is 1. The zero-order valence-electron chi connectivity index (χ0n) is 14.6. The zero-order valence-corrected chi connectivity index (χ0v) is 15.5. The molecule has 1 amide bonds. The van der Waals surface area contributed by atoms with Crippen LogP contribution in [0.25, 0.3) is 0 Å². The summed E-state index contributed by atoms with van der Waals surface area (Å²) in [5.74, 6) is -0.910. The van der Waals surface area contributed by atoms with Crippen LogP contribution in [-0.4, -0.2) is 44.3 Å². The molecule has 0 spiro atoms. The highest BCUT2D eigenvalue weighted by Crippen LogP contribution is 2.26. The number of esters is 1. The van der Waals surface area contributed by atoms with E-state index in [-0.39, 0.29) is 23.4 Å². The number of carbonyl (C=O) groups is 2. The van der Waals surface area contributed by atoms with Gasteiger partial charge in [-0.25, -0.2) is 8.42 Å². The molecule has 0 atom stereocenters. The Morgan fingerprint density at radius 2 is 1.81 bits per heavy atom. The third-order valence-electron chi connectivity index (χ3n) is 4.85. The quantitative estimate of drug-likeness (QED) is 0.763. The first-order valence-corrected chi connectivity index (χ1v) is 10.5. The van der Waals surface area contributed by atoms with Gasteiger partial charge in [-0.2, -0.15) is 4.31 Å². The summed E-state index contributed by atoms with van der Waals surface area (Å²) in [5.41, 5.74) is 0.368. The highest BCUT2D eigenvalue weighted by molar-refractivity contribution is 7.89. The second kappa shape index (κ2) is 8.18. The zero-order chi connectivity index (χ0) is 18.6. The molecule has 2 fully saturated rings. The van der Waals surface area contributed by atoms with E-state index in [1.807, 2.05) is 0 Å². The summed E-state index contributed by atoms with van der Waals surface area (Å²) >= 11 is 0. The van der Waals surface area contributed by atoms with E-state index in [4.69, 9.17) is 4.74 Å². The van der Waals surface area contributed by atoms with Crippen molar-refractivity contribution in [2.45, 2.75) is 43.4 Å². The monoisotopic (exact) mass is 380 g/mol. The van der Waals surface area contributed by atoms with Crippen LogP contribution in [0.5, 0.6) is 0 Å². The molecule has 142 valence electrons. The molecule has 0 unspecified atom stereocenters. The summed E-state index contributed by atoms with van der Waals surface area (Å²) in [4.78, 5) is 24.0. The third-order valence-corrected chi connectivity index (χ3v) is 6.75. The fourth-order valence-corrected chi connectivity index (χ4v) is 4.99. The van der Waals surface area contributed by atoms with Gasteiger partial charge in [-0.1, -0.05) is 18.9 Å². The Hall–Kier alpha value is -1.93. The minimum atomic E-state index is -3.54. The van der Waals surface area contributed by atoms with Crippen LogP contribution in [0.2, 0.25) is 0 Å². The summed E-state index contributed by atoms with van der Waals surface area (Å²) < 4.78 is 31.7. The lowest BCUT2D eigenvalue weighted by molar-refractivity contribution is -0.151. The van der Waals surface area contributed by atoms with Gasteiger partial charge in [0.25, 0.3) is 5.91 Å². The third kappa shape index (κ3) is 4.42. The number of carbonyl (C=O) groups excluding carboxylic acids is 2. The smallest absolute Gasteiger partial charge is 0.309 e. The van der Waals surface area contributed by atoms with Crippen molar-refractivity contribution in [2.75, 3.05) is 25.0 Å². The van der Waals surface area contributed by atoms with E-state index in [0.29, 0.717) is 18.8 Å². The van der Waals surface area contributed by atoms with Crippen LogP contribution in [0.15, 0.2) is 29.2 Å². The molecule has 0 radical (unpaired) electrons. The average Bonchev–Trinajstić information content (AvgIpc) is 3.33. The Kier molecular flexibility index (Phi) is 5.93. The molecule has 1 N–H and O–H groups in total. The van der Waals surface area contributed by atoms with Gasteiger partial charge in [-0.05, 0) is 43.9 Å². The Balaban J connectivity index is 1.57. The molecule has 1 aliphatic heterocycles. The first kappa shape index (κ1) is 18.8. The van der Waals surface area contributed by atoms with Gasteiger partial charge in [0.1, 0.15) is 0 Å². The molecule has 0 aromatic heterocycles. The van der Waals surface area contributed by atoms with Crippen molar-refractivity contribution in [3.05, 3.63) is 24.3 Å². The topological polar surface area (TPSA) is 92.8 Å². The molecule has 1 saturated heterocycles. The maximum absolute atomic E-state index is 12.6. The van der Waals surface area contributed by atoms with Crippen LogP contribution in [0.1, 0.15) is 38.5 Å². The predicted molar refractivity (Wildman–Crippen MR) is 96.0 cm³/mol. The van der Waals surface area contributed by atoms with Gasteiger partial charge >= 0.3 is 5.97 Å². The minimum absolute atomic E-state index is 0.100. The first-order valence-electron chi connectivity index (χ1n) is 9.03. The Labute approximate surface area is 153 Å².